The molecule has 1 aromatic rings. The van der Waals surface area contributed by atoms with Crippen molar-refractivity contribution in [2.45, 2.75) is 26.7 Å². The lowest BCUT2D eigenvalue weighted by atomic mass is 10.1. The van der Waals surface area contributed by atoms with E-state index in [0.717, 1.165) is 11.1 Å². The third-order valence-electron chi connectivity index (χ3n) is 3.39. The van der Waals surface area contributed by atoms with Crippen LogP contribution in [0.3, 0.4) is 0 Å². The first kappa shape index (κ1) is 18.2. The summed E-state index contributed by atoms with van der Waals surface area (Å²) in [5, 5.41) is 2.68. The number of anilines is 1. The number of sulfonamides is 1. The number of rotatable bonds is 8. The summed E-state index contributed by atoms with van der Waals surface area (Å²) in [6.07, 6.45) is 3.53. The summed E-state index contributed by atoms with van der Waals surface area (Å²) in [4.78, 5) is 11.5. The highest BCUT2D eigenvalue weighted by atomic mass is 32.2. The van der Waals surface area contributed by atoms with Crippen molar-refractivity contribution in [1.29, 1.82) is 0 Å². The molecule has 0 atom stereocenters. The maximum atomic E-state index is 12.0. The summed E-state index contributed by atoms with van der Waals surface area (Å²) in [5.74, 6) is -0.103. The fourth-order valence-corrected chi connectivity index (χ4v) is 2.98. The predicted octanol–water partition coefficient (Wildman–Crippen LogP) is 2.15. The Morgan fingerprint density at radius 1 is 1.32 bits per heavy atom. The van der Waals surface area contributed by atoms with Crippen molar-refractivity contribution in [2.75, 3.05) is 23.7 Å². The van der Waals surface area contributed by atoms with Crippen LogP contribution in [0.15, 0.2) is 30.9 Å². The van der Waals surface area contributed by atoms with Crippen LogP contribution in [0.1, 0.15) is 24.0 Å². The molecule has 0 aromatic heterocycles. The Morgan fingerprint density at radius 2 is 2.00 bits per heavy atom. The van der Waals surface area contributed by atoms with E-state index in [9.17, 15) is 13.2 Å². The molecule has 0 fully saturated rings. The maximum Gasteiger partial charge on any atom is 0.232 e. The summed E-state index contributed by atoms with van der Waals surface area (Å²) in [6, 6.07) is 5.55. The van der Waals surface area contributed by atoms with E-state index in [-0.39, 0.29) is 18.9 Å². The zero-order valence-corrected chi connectivity index (χ0v) is 14.2. The number of amides is 1. The monoisotopic (exact) mass is 324 g/mol. The minimum Gasteiger partial charge on any atom is -0.353 e. The van der Waals surface area contributed by atoms with Gasteiger partial charge in [0, 0.05) is 19.5 Å². The van der Waals surface area contributed by atoms with E-state index >= 15 is 0 Å². The summed E-state index contributed by atoms with van der Waals surface area (Å²) in [5.41, 5.74) is 2.79. The van der Waals surface area contributed by atoms with Gasteiger partial charge in [0.1, 0.15) is 0 Å². The van der Waals surface area contributed by atoms with E-state index < -0.39 is 10.0 Å². The number of nitrogens with one attached hydrogen (secondary N) is 1. The zero-order valence-electron chi connectivity index (χ0n) is 13.4. The van der Waals surface area contributed by atoms with E-state index in [2.05, 4.69) is 11.9 Å². The molecule has 22 heavy (non-hydrogen) atoms. The van der Waals surface area contributed by atoms with Gasteiger partial charge in [0.25, 0.3) is 0 Å². The summed E-state index contributed by atoms with van der Waals surface area (Å²) in [7, 11) is -3.38. The molecule has 1 rings (SSSR count). The molecule has 0 bridgehead atoms. The topological polar surface area (TPSA) is 66.5 Å². The average Bonchev–Trinajstić information content (AvgIpc) is 2.43. The number of aryl methyl sites for hydroxylation is 2. The molecular weight excluding hydrogens is 300 g/mol. The zero-order chi connectivity index (χ0) is 16.8. The van der Waals surface area contributed by atoms with Gasteiger partial charge in [-0.15, -0.1) is 6.58 Å². The summed E-state index contributed by atoms with van der Waals surface area (Å²) < 4.78 is 25.3. The SMILES string of the molecule is C=CCNC(=O)CCCN(c1ccc(C)c(C)c1)S(C)(=O)=O. The standard InChI is InChI=1S/C16H24N2O3S/c1-5-10-17-16(19)7-6-11-18(22(4,20)21)15-9-8-13(2)14(3)12-15/h5,8-9,12H,1,6-7,10-11H2,2-4H3,(H,17,19). The number of carbonyl (C=O) groups excluding carboxylic acids is 1. The quantitative estimate of drug-likeness (QED) is 0.745. The van der Waals surface area contributed by atoms with Crippen molar-refractivity contribution in [3.8, 4) is 0 Å². The second kappa shape index (κ2) is 7.98. The molecule has 0 radical (unpaired) electrons. The fraction of sp³-hybridized carbons (Fsp3) is 0.438. The summed E-state index contributed by atoms with van der Waals surface area (Å²) >= 11 is 0. The number of hydrogen-bond acceptors (Lipinski definition) is 3. The van der Waals surface area contributed by atoms with Crippen LogP contribution in [0.5, 0.6) is 0 Å². The lowest BCUT2D eigenvalue weighted by Crippen LogP contribution is -2.32. The average molecular weight is 324 g/mol. The lowest BCUT2D eigenvalue weighted by Gasteiger charge is -2.23. The molecule has 0 spiro atoms. The van der Waals surface area contributed by atoms with Gasteiger partial charge in [-0.1, -0.05) is 12.1 Å². The molecule has 5 nitrogen and oxygen atoms in total. The van der Waals surface area contributed by atoms with Gasteiger partial charge in [-0.3, -0.25) is 9.10 Å². The molecule has 1 amide bonds. The second-order valence-electron chi connectivity index (χ2n) is 5.30. The molecule has 0 unspecified atom stereocenters. The molecule has 0 aliphatic carbocycles. The molecule has 6 heteroatoms. The van der Waals surface area contributed by atoms with Crippen LogP contribution in [0.4, 0.5) is 5.69 Å². The van der Waals surface area contributed by atoms with E-state index in [0.29, 0.717) is 18.7 Å². The normalized spacial score (nSPS) is 11.0. The Bertz CT molecular complexity index is 639. The number of benzene rings is 1. The molecule has 0 saturated heterocycles. The number of nitrogens with zero attached hydrogens (tertiary/aromatic N) is 1. The van der Waals surface area contributed by atoms with Gasteiger partial charge < -0.3 is 5.32 Å². The molecule has 0 aliphatic heterocycles. The first-order valence-electron chi connectivity index (χ1n) is 7.18. The minimum absolute atomic E-state index is 0.103. The van der Waals surface area contributed by atoms with Crippen LogP contribution < -0.4 is 9.62 Å². The Morgan fingerprint density at radius 3 is 2.55 bits per heavy atom. The highest BCUT2D eigenvalue weighted by Crippen LogP contribution is 2.21. The molecule has 1 aromatic carbocycles. The third-order valence-corrected chi connectivity index (χ3v) is 4.58. The largest absolute Gasteiger partial charge is 0.353 e. The van der Waals surface area contributed by atoms with Gasteiger partial charge in [0.15, 0.2) is 0 Å². The smallest absolute Gasteiger partial charge is 0.232 e. The van der Waals surface area contributed by atoms with Gasteiger partial charge >= 0.3 is 0 Å². The molecule has 0 saturated carbocycles. The minimum atomic E-state index is -3.38. The Balaban J connectivity index is 2.76. The van der Waals surface area contributed by atoms with E-state index in [1.807, 2.05) is 26.0 Å². The predicted molar refractivity (Wildman–Crippen MR) is 90.5 cm³/mol. The van der Waals surface area contributed by atoms with Crippen LogP contribution in [-0.2, 0) is 14.8 Å². The number of hydrogen-bond donors (Lipinski definition) is 1. The van der Waals surface area contributed by atoms with Crippen molar-refractivity contribution in [1.82, 2.24) is 5.32 Å². The molecule has 0 aliphatic rings. The Labute approximate surface area is 133 Å². The van der Waals surface area contributed by atoms with E-state index in [1.54, 1.807) is 12.1 Å². The lowest BCUT2D eigenvalue weighted by molar-refractivity contribution is -0.120. The van der Waals surface area contributed by atoms with Crippen molar-refractivity contribution in [3.63, 3.8) is 0 Å². The molecule has 122 valence electrons. The van der Waals surface area contributed by atoms with Crippen molar-refractivity contribution < 1.29 is 13.2 Å². The van der Waals surface area contributed by atoms with E-state index in [1.165, 1.54) is 10.6 Å². The van der Waals surface area contributed by atoms with Gasteiger partial charge in [-0.2, -0.15) is 0 Å². The highest BCUT2D eigenvalue weighted by molar-refractivity contribution is 7.92. The molecule has 1 N–H and O–H groups in total. The molecule has 0 heterocycles. The van der Waals surface area contributed by atoms with Crippen molar-refractivity contribution in [2.24, 2.45) is 0 Å². The first-order chi connectivity index (χ1) is 10.3. The van der Waals surface area contributed by atoms with Gasteiger partial charge in [0.05, 0.1) is 11.9 Å². The first-order valence-corrected chi connectivity index (χ1v) is 9.03. The fourth-order valence-electron chi connectivity index (χ4n) is 2.02. The van der Waals surface area contributed by atoms with Crippen LogP contribution in [0, 0.1) is 13.8 Å². The van der Waals surface area contributed by atoms with E-state index in [4.69, 9.17) is 0 Å². The number of carbonyl (C=O) groups is 1. The van der Waals surface area contributed by atoms with Crippen molar-refractivity contribution in [3.05, 3.63) is 42.0 Å². The van der Waals surface area contributed by atoms with Gasteiger partial charge in [0.2, 0.25) is 15.9 Å². The third kappa shape index (κ3) is 5.52. The van der Waals surface area contributed by atoms with Crippen LogP contribution >= 0.6 is 0 Å². The maximum absolute atomic E-state index is 12.0. The Kier molecular flexibility index (Phi) is 6.61. The second-order valence-corrected chi connectivity index (χ2v) is 7.21. The van der Waals surface area contributed by atoms with Gasteiger partial charge in [-0.25, -0.2) is 8.42 Å². The van der Waals surface area contributed by atoms with Crippen LogP contribution in [0.2, 0.25) is 0 Å². The van der Waals surface area contributed by atoms with Crippen molar-refractivity contribution >= 4 is 21.6 Å². The molecular formula is C16H24N2O3S. The van der Waals surface area contributed by atoms with Crippen LogP contribution in [0.25, 0.3) is 0 Å². The highest BCUT2D eigenvalue weighted by Gasteiger charge is 2.17. The van der Waals surface area contributed by atoms with Crippen LogP contribution in [-0.4, -0.2) is 33.7 Å². The summed E-state index contributed by atoms with van der Waals surface area (Å²) in [6.45, 7) is 8.16. The van der Waals surface area contributed by atoms with Gasteiger partial charge in [-0.05, 0) is 43.5 Å². The Hall–Kier alpha value is -1.82.